The largest absolute Gasteiger partial charge is 0.496 e. The predicted octanol–water partition coefficient (Wildman–Crippen LogP) is 2.59. The van der Waals surface area contributed by atoms with Crippen molar-refractivity contribution in [1.82, 2.24) is 9.88 Å². The summed E-state index contributed by atoms with van der Waals surface area (Å²) < 4.78 is 5.44. The quantitative estimate of drug-likeness (QED) is 0.788. The van der Waals surface area contributed by atoms with E-state index in [1.54, 1.807) is 7.11 Å². The van der Waals surface area contributed by atoms with Crippen LogP contribution in [0.4, 0.5) is 0 Å². The fraction of sp³-hybridized carbons (Fsp3) is 0.600. The topological polar surface area (TPSA) is 49.1 Å². The van der Waals surface area contributed by atoms with Crippen LogP contribution >= 0.6 is 0 Å². The van der Waals surface area contributed by atoms with E-state index in [0.717, 1.165) is 35.7 Å². The first-order valence-electron chi connectivity index (χ1n) is 6.77. The lowest BCUT2D eigenvalue weighted by Gasteiger charge is -2.22. The van der Waals surface area contributed by atoms with Crippen LogP contribution in [0.5, 0.6) is 5.75 Å². The van der Waals surface area contributed by atoms with Gasteiger partial charge >= 0.3 is 0 Å². The van der Waals surface area contributed by atoms with Crippen LogP contribution in [0, 0.1) is 25.2 Å². The Kier molecular flexibility index (Phi) is 4.39. The standard InChI is InChI=1S/C15H21N3O/c1-11-9-17-14(12(2)15(11)19-3)10-18(8-4-7-16)13-5-6-13/h9,13H,4-6,8,10H2,1-3H3. The molecule has 1 saturated carbocycles. The van der Waals surface area contributed by atoms with E-state index in [2.05, 4.69) is 22.9 Å². The molecule has 0 amide bonds. The lowest BCUT2D eigenvalue weighted by atomic mass is 10.1. The number of rotatable bonds is 6. The van der Waals surface area contributed by atoms with Gasteiger partial charge in [0, 0.05) is 42.9 Å². The molecule has 0 aliphatic heterocycles. The molecule has 102 valence electrons. The summed E-state index contributed by atoms with van der Waals surface area (Å²) in [7, 11) is 1.70. The smallest absolute Gasteiger partial charge is 0.128 e. The number of aromatic nitrogens is 1. The minimum Gasteiger partial charge on any atom is -0.496 e. The predicted molar refractivity (Wildman–Crippen MR) is 73.9 cm³/mol. The minimum atomic E-state index is 0.582. The lowest BCUT2D eigenvalue weighted by molar-refractivity contribution is 0.256. The molecule has 0 N–H and O–H groups in total. The summed E-state index contributed by atoms with van der Waals surface area (Å²) in [6.45, 7) is 5.72. The molecule has 0 radical (unpaired) electrons. The van der Waals surface area contributed by atoms with Crippen molar-refractivity contribution in [2.75, 3.05) is 13.7 Å². The molecule has 4 nitrogen and oxygen atoms in total. The second kappa shape index (κ2) is 6.03. The molecule has 0 spiro atoms. The summed E-state index contributed by atoms with van der Waals surface area (Å²) in [5.74, 6) is 0.932. The number of aryl methyl sites for hydroxylation is 1. The van der Waals surface area contributed by atoms with Gasteiger partial charge in [0.25, 0.3) is 0 Å². The number of pyridine rings is 1. The van der Waals surface area contributed by atoms with E-state index in [1.165, 1.54) is 12.8 Å². The van der Waals surface area contributed by atoms with Gasteiger partial charge in [0.15, 0.2) is 0 Å². The van der Waals surface area contributed by atoms with Crippen molar-refractivity contribution in [1.29, 1.82) is 5.26 Å². The summed E-state index contributed by atoms with van der Waals surface area (Å²) in [5.41, 5.74) is 3.25. The Balaban J connectivity index is 2.15. The van der Waals surface area contributed by atoms with E-state index in [0.29, 0.717) is 12.5 Å². The molecule has 0 atom stereocenters. The highest BCUT2D eigenvalue weighted by Gasteiger charge is 2.29. The molecule has 1 aromatic heterocycles. The van der Waals surface area contributed by atoms with Gasteiger partial charge < -0.3 is 4.74 Å². The van der Waals surface area contributed by atoms with Crippen molar-refractivity contribution in [3.8, 4) is 11.8 Å². The molecule has 0 unspecified atom stereocenters. The van der Waals surface area contributed by atoms with Crippen LogP contribution in [0.1, 0.15) is 36.1 Å². The molecule has 0 aromatic carbocycles. The number of ether oxygens (including phenoxy) is 1. The molecule has 0 saturated heterocycles. The van der Waals surface area contributed by atoms with Crippen molar-refractivity contribution in [3.63, 3.8) is 0 Å². The second-order valence-corrected chi connectivity index (χ2v) is 5.16. The molecular formula is C15H21N3O. The first-order valence-corrected chi connectivity index (χ1v) is 6.77. The van der Waals surface area contributed by atoms with Gasteiger partial charge in [-0.2, -0.15) is 5.26 Å². The van der Waals surface area contributed by atoms with Gasteiger partial charge in [0.2, 0.25) is 0 Å². The lowest BCUT2D eigenvalue weighted by Crippen LogP contribution is -2.27. The molecule has 0 bridgehead atoms. The fourth-order valence-electron chi connectivity index (χ4n) is 2.45. The number of nitrogens with zero attached hydrogens (tertiary/aromatic N) is 3. The van der Waals surface area contributed by atoms with Crippen LogP contribution in [-0.2, 0) is 6.54 Å². The van der Waals surface area contributed by atoms with E-state index in [9.17, 15) is 0 Å². The van der Waals surface area contributed by atoms with Crippen molar-refractivity contribution >= 4 is 0 Å². The van der Waals surface area contributed by atoms with E-state index in [1.807, 2.05) is 13.1 Å². The van der Waals surface area contributed by atoms with Gasteiger partial charge in [-0.05, 0) is 26.7 Å². The number of nitriles is 1. The first kappa shape index (κ1) is 13.8. The third kappa shape index (κ3) is 3.24. The van der Waals surface area contributed by atoms with Gasteiger partial charge in [-0.25, -0.2) is 0 Å². The Morgan fingerprint density at radius 2 is 2.21 bits per heavy atom. The van der Waals surface area contributed by atoms with E-state index in [4.69, 9.17) is 10.00 Å². The van der Waals surface area contributed by atoms with E-state index in [-0.39, 0.29) is 0 Å². The molecule has 19 heavy (non-hydrogen) atoms. The van der Waals surface area contributed by atoms with E-state index >= 15 is 0 Å². The van der Waals surface area contributed by atoms with Crippen LogP contribution in [0.15, 0.2) is 6.20 Å². The zero-order valence-corrected chi connectivity index (χ0v) is 11.9. The molecule has 1 aliphatic carbocycles. The Bertz CT molecular complexity index is 489. The maximum atomic E-state index is 8.74. The maximum absolute atomic E-state index is 8.74. The van der Waals surface area contributed by atoms with Crippen molar-refractivity contribution < 1.29 is 4.74 Å². The molecule has 4 heteroatoms. The van der Waals surface area contributed by atoms with Crippen LogP contribution in [0.3, 0.4) is 0 Å². The van der Waals surface area contributed by atoms with Crippen LogP contribution in [-0.4, -0.2) is 29.6 Å². The highest BCUT2D eigenvalue weighted by Crippen LogP contribution is 2.30. The Morgan fingerprint density at radius 1 is 1.47 bits per heavy atom. The Morgan fingerprint density at radius 3 is 2.79 bits per heavy atom. The Hall–Kier alpha value is -1.60. The van der Waals surface area contributed by atoms with Crippen LogP contribution < -0.4 is 4.74 Å². The molecule has 1 heterocycles. The number of hydrogen-bond acceptors (Lipinski definition) is 4. The van der Waals surface area contributed by atoms with Crippen LogP contribution in [0.25, 0.3) is 0 Å². The van der Waals surface area contributed by atoms with Crippen LogP contribution in [0.2, 0.25) is 0 Å². The molecule has 1 fully saturated rings. The van der Waals surface area contributed by atoms with Crippen molar-refractivity contribution in [3.05, 3.63) is 23.0 Å². The minimum absolute atomic E-state index is 0.582. The molecule has 1 aliphatic rings. The summed E-state index contributed by atoms with van der Waals surface area (Å²) in [6.07, 6.45) is 4.94. The fourth-order valence-corrected chi connectivity index (χ4v) is 2.45. The maximum Gasteiger partial charge on any atom is 0.128 e. The molecule has 1 aromatic rings. The third-order valence-electron chi connectivity index (χ3n) is 3.68. The summed E-state index contributed by atoms with van der Waals surface area (Å²) in [5, 5.41) is 8.74. The van der Waals surface area contributed by atoms with Gasteiger partial charge in [-0.15, -0.1) is 0 Å². The monoisotopic (exact) mass is 259 g/mol. The zero-order chi connectivity index (χ0) is 13.8. The first-order chi connectivity index (χ1) is 9.17. The highest BCUT2D eigenvalue weighted by atomic mass is 16.5. The summed E-state index contributed by atoms with van der Waals surface area (Å²) in [6, 6.07) is 2.87. The number of hydrogen-bond donors (Lipinski definition) is 0. The van der Waals surface area contributed by atoms with Gasteiger partial charge in [0.1, 0.15) is 5.75 Å². The van der Waals surface area contributed by atoms with Gasteiger partial charge in [-0.3, -0.25) is 9.88 Å². The molecule has 2 rings (SSSR count). The van der Waals surface area contributed by atoms with Gasteiger partial charge in [0.05, 0.1) is 18.9 Å². The highest BCUT2D eigenvalue weighted by molar-refractivity contribution is 5.41. The van der Waals surface area contributed by atoms with Gasteiger partial charge in [-0.1, -0.05) is 0 Å². The second-order valence-electron chi connectivity index (χ2n) is 5.16. The average molecular weight is 259 g/mol. The zero-order valence-electron chi connectivity index (χ0n) is 11.9. The van der Waals surface area contributed by atoms with Crippen molar-refractivity contribution in [2.24, 2.45) is 0 Å². The summed E-state index contributed by atoms with van der Waals surface area (Å²) in [4.78, 5) is 6.91. The SMILES string of the molecule is COc1c(C)cnc(CN(CCC#N)C2CC2)c1C. The molecular weight excluding hydrogens is 238 g/mol. The Labute approximate surface area is 115 Å². The average Bonchev–Trinajstić information content (AvgIpc) is 3.22. The normalized spacial score (nSPS) is 14.5. The summed E-state index contributed by atoms with van der Waals surface area (Å²) >= 11 is 0. The van der Waals surface area contributed by atoms with Crippen molar-refractivity contribution in [2.45, 2.75) is 45.7 Å². The number of methoxy groups -OCH3 is 1. The third-order valence-corrected chi connectivity index (χ3v) is 3.68. The van der Waals surface area contributed by atoms with E-state index < -0.39 is 0 Å².